The number of aliphatic carboxylic acids is 1. The van der Waals surface area contributed by atoms with Crippen LogP contribution < -0.4 is 4.74 Å². The van der Waals surface area contributed by atoms with Crippen LogP contribution in [0.5, 0.6) is 5.88 Å². The zero-order valence-corrected chi connectivity index (χ0v) is 9.52. The van der Waals surface area contributed by atoms with Crippen LogP contribution >= 0.6 is 0 Å². The summed E-state index contributed by atoms with van der Waals surface area (Å²) in [6.45, 7) is 3.07. The SMILES string of the molecule is COc1ncc(CC(C)(O)C(=O)O)cc1C. The van der Waals surface area contributed by atoms with Gasteiger partial charge in [0.15, 0.2) is 5.60 Å². The molecule has 0 spiro atoms. The van der Waals surface area contributed by atoms with Gasteiger partial charge in [-0.05, 0) is 25.5 Å². The molecule has 0 bridgehead atoms. The van der Waals surface area contributed by atoms with Crippen LogP contribution in [0.15, 0.2) is 12.3 Å². The van der Waals surface area contributed by atoms with Crippen molar-refractivity contribution in [1.82, 2.24) is 4.98 Å². The van der Waals surface area contributed by atoms with Crippen LogP contribution in [0.3, 0.4) is 0 Å². The minimum absolute atomic E-state index is 0.0141. The first-order chi connectivity index (χ1) is 7.36. The number of carboxylic acid groups (broad SMARTS) is 1. The summed E-state index contributed by atoms with van der Waals surface area (Å²) in [7, 11) is 1.52. The largest absolute Gasteiger partial charge is 0.481 e. The maximum absolute atomic E-state index is 10.7. The van der Waals surface area contributed by atoms with Crippen molar-refractivity contribution in [3.8, 4) is 5.88 Å². The van der Waals surface area contributed by atoms with Crippen molar-refractivity contribution in [2.24, 2.45) is 0 Å². The summed E-state index contributed by atoms with van der Waals surface area (Å²) in [5.41, 5.74) is -0.310. The van der Waals surface area contributed by atoms with Crippen LogP contribution in [-0.4, -0.2) is 33.9 Å². The van der Waals surface area contributed by atoms with Gasteiger partial charge in [0.1, 0.15) is 0 Å². The summed E-state index contributed by atoms with van der Waals surface area (Å²) in [6, 6.07) is 1.75. The molecule has 88 valence electrons. The molecule has 0 aromatic carbocycles. The van der Waals surface area contributed by atoms with Gasteiger partial charge in [0.25, 0.3) is 0 Å². The van der Waals surface area contributed by atoms with Crippen LogP contribution in [0.4, 0.5) is 0 Å². The second-order valence-electron chi connectivity index (χ2n) is 3.93. The molecule has 1 atom stereocenters. The van der Waals surface area contributed by atoms with Crippen molar-refractivity contribution in [3.63, 3.8) is 0 Å². The highest BCUT2D eigenvalue weighted by atomic mass is 16.5. The molecule has 0 aliphatic carbocycles. The Hall–Kier alpha value is -1.62. The summed E-state index contributed by atoms with van der Waals surface area (Å²) in [4.78, 5) is 14.8. The number of hydrogen-bond acceptors (Lipinski definition) is 4. The van der Waals surface area contributed by atoms with E-state index in [1.807, 2.05) is 6.92 Å². The molecule has 1 aromatic heterocycles. The second-order valence-corrected chi connectivity index (χ2v) is 3.93. The standard InChI is InChI=1S/C11H15NO4/c1-7-4-8(6-12-9(7)16-3)5-11(2,15)10(13)14/h4,6,15H,5H2,1-3H3,(H,13,14). The van der Waals surface area contributed by atoms with Gasteiger partial charge in [-0.1, -0.05) is 0 Å². The smallest absolute Gasteiger partial charge is 0.335 e. The number of carbonyl (C=O) groups is 1. The second kappa shape index (κ2) is 4.49. The molecule has 0 aliphatic heterocycles. The van der Waals surface area contributed by atoms with Gasteiger partial charge in [0.05, 0.1) is 7.11 Å². The summed E-state index contributed by atoms with van der Waals surface area (Å²) in [5, 5.41) is 18.4. The predicted octanol–water partition coefficient (Wildman–Crippen LogP) is 0.777. The third kappa shape index (κ3) is 2.70. The Labute approximate surface area is 93.7 Å². The van der Waals surface area contributed by atoms with Crippen molar-refractivity contribution in [2.45, 2.75) is 25.9 Å². The molecule has 0 saturated heterocycles. The number of methoxy groups -OCH3 is 1. The molecule has 2 N–H and O–H groups in total. The Balaban J connectivity index is 2.91. The number of carboxylic acids is 1. The number of ether oxygens (including phenoxy) is 1. The highest BCUT2D eigenvalue weighted by molar-refractivity contribution is 5.76. The monoisotopic (exact) mass is 225 g/mol. The van der Waals surface area contributed by atoms with E-state index in [9.17, 15) is 9.90 Å². The van der Waals surface area contributed by atoms with Gasteiger partial charge in [0.2, 0.25) is 5.88 Å². The molecule has 0 amide bonds. The van der Waals surface area contributed by atoms with E-state index in [0.717, 1.165) is 5.56 Å². The molecule has 1 unspecified atom stereocenters. The maximum atomic E-state index is 10.7. The van der Waals surface area contributed by atoms with E-state index in [1.54, 1.807) is 6.07 Å². The Kier molecular flexibility index (Phi) is 3.49. The molecule has 1 rings (SSSR count). The fourth-order valence-electron chi connectivity index (χ4n) is 1.40. The molecular weight excluding hydrogens is 210 g/mol. The van der Waals surface area contributed by atoms with E-state index in [0.29, 0.717) is 11.4 Å². The van der Waals surface area contributed by atoms with Gasteiger partial charge in [-0.15, -0.1) is 0 Å². The quantitative estimate of drug-likeness (QED) is 0.791. The number of aliphatic hydroxyl groups is 1. The van der Waals surface area contributed by atoms with Crippen LogP contribution in [0.25, 0.3) is 0 Å². The first-order valence-electron chi connectivity index (χ1n) is 4.82. The first-order valence-corrected chi connectivity index (χ1v) is 4.82. The lowest BCUT2D eigenvalue weighted by Crippen LogP contribution is -2.37. The van der Waals surface area contributed by atoms with Crippen LogP contribution in [0.2, 0.25) is 0 Å². The molecule has 1 heterocycles. The zero-order chi connectivity index (χ0) is 12.3. The van der Waals surface area contributed by atoms with Gasteiger partial charge in [-0.25, -0.2) is 9.78 Å². The van der Waals surface area contributed by atoms with Crippen molar-refractivity contribution < 1.29 is 19.7 Å². The van der Waals surface area contributed by atoms with E-state index in [2.05, 4.69) is 4.98 Å². The average Bonchev–Trinajstić information content (AvgIpc) is 2.17. The highest BCUT2D eigenvalue weighted by Gasteiger charge is 2.30. The number of aromatic nitrogens is 1. The summed E-state index contributed by atoms with van der Waals surface area (Å²) in [5.74, 6) is -0.750. The average molecular weight is 225 g/mol. The number of aryl methyl sites for hydroxylation is 1. The van der Waals surface area contributed by atoms with Gasteiger partial charge < -0.3 is 14.9 Å². The Morgan fingerprint density at radius 1 is 1.62 bits per heavy atom. The number of nitrogens with zero attached hydrogens (tertiary/aromatic N) is 1. The summed E-state index contributed by atoms with van der Waals surface area (Å²) >= 11 is 0. The Morgan fingerprint density at radius 3 is 2.69 bits per heavy atom. The van der Waals surface area contributed by atoms with Gasteiger partial charge in [-0.3, -0.25) is 0 Å². The maximum Gasteiger partial charge on any atom is 0.335 e. The van der Waals surface area contributed by atoms with E-state index in [4.69, 9.17) is 9.84 Å². The van der Waals surface area contributed by atoms with Crippen molar-refractivity contribution in [1.29, 1.82) is 0 Å². The molecular formula is C11H15NO4. The Morgan fingerprint density at radius 2 is 2.25 bits per heavy atom. The van der Waals surface area contributed by atoms with E-state index in [-0.39, 0.29) is 6.42 Å². The van der Waals surface area contributed by atoms with Crippen LogP contribution in [0.1, 0.15) is 18.1 Å². The molecule has 1 aromatic rings. The number of rotatable bonds is 4. The zero-order valence-electron chi connectivity index (χ0n) is 9.52. The van der Waals surface area contributed by atoms with Gasteiger partial charge in [0, 0.05) is 18.2 Å². The lowest BCUT2D eigenvalue weighted by molar-refractivity contribution is -0.156. The van der Waals surface area contributed by atoms with Crippen LogP contribution in [0, 0.1) is 6.92 Å². The topological polar surface area (TPSA) is 79.7 Å². The van der Waals surface area contributed by atoms with Crippen molar-refractivity contribution >= 4 is 5.97 Å². The molecule has 0 saturated carbocycles. The fraction of sp³-hybridized carbons (Fsp3) is 0.455. The summed E-state index contributed by atoms with van der Waals surface area (Å²) < 4.78 is 4.99. The Bertz CT molecular complexity index is 401. The number of hydrogen-bond donors (Lipinski definition) is 2. The lowest BCUT2D eigenvalue weighted by Gasteiger charge is -2.18. The normalized spacial score (nSPS) is 14.2. The van der Waals surface area contributed by atoms with Crippen molar-refractivity contribution in [3.05, 3.63) is 23.4 Å². The third-order valence-corrected chi connectivity index (χ3v) is 2.29. The van der Waals surface area contributed by atoms with E-state index in [1.165, 1.54) is 20.2 Å². The molecule has 0 aliphatic rings. The van der Waals surface area contributed by atoms with E-state index >= 15 is 0 Å². The predicted molar refractivity (Wildman–Crippen MR) is 57.5 cm³/mol. The first kappa shape index (κ1) is 12.4. The highest BCUT2D eigenvalue weighted by Crippen LogP contribution is 2.18. The van der Waals surface area contributed by atoms with E-state index < -0.39 is 11.6 Å². The molecule has 5 nitrogen and oxygen atoms in total. The van der Waals surface area contributed by atoms with Gasteiger partial charge in [-0.2, -0.15) is 0 Å². The minimum Gasteiger partial charge on any atom is -0.481 e. The molecule has 5 heteroatoms. The molecule has 0 fully saturated rings. The number of pyridine rings is 1. The fourth-order valence-corrected chi connectivity index (χ4v) is 1.40. The third-order valence-electron chi connectivity index (χ3n) is 2.29. The summed E-state index contributed by atoms with van der Waals surface area (Å²) in [6.07, 6.45) is 1.52. The molecule has 0 radical (unpaired) electrons. The lowest BCUT2D eigenvalue weighted by atomic mass is 9.97. The molecule has 16 heavy (non-hydrogen) atoms. The van der Waals surface area contributed by atoms with Gasteiger partial charge >= 0.3 is 5.97 Å². The van der Waals surface area contributed by atoms with Crippen molar-refractivity contribution in [2.75, 3.05) is 7.11 Å². The minimum atomic E-state index is -1.78. The van der Waals surface area contributed by atoms with Crippen LogP contribution in [-0.2, 0) is 11.2 Å².